The van der Waals surface area contributed by atoms with Crippen molar-refractivity contribution in [3.8, 4) is 5.75 Å². The molecule has 1 amide bonds. The highest BCUT2D eigenvalue weighted by molar-refractivity contribution is 6.30. The van der Waals surface area contributed by atoms with Crippen LogP contribution in [0, 0.1) is 0 Å². The lowest BCUT2D eigenvalue weighted by molar-refractivity contribution is -0.145. The summed E-state index contributed by atoms with van der Waals surface area (Å²) in [5.74, 6) is -0.380. The van der Waals surface area contributed by atoms with Crippen molar-refractivity contribution in [1.29, 1.82) is 0 Å². The van der Waals surface area contributed by atoms with Crippen LogP contribution in [0.25, 0.3) is 0 Å². The molecule has 148 valence electrons. The molecule has 5 nitrogen and oxygen atoms in total. The predicted molar refractivity (Wildman–Crippen MR) is 111 cm³/mol. The number of rotatable bonds is 4. The minimum Gasteiger partial charge on any atom is -0.508 e. The molecule has 0 fully saturated rings. The second kappa shape index (κ2) is 7.52. The molecule has 2 N–H and O–H groups in total. The molecule has 0 bridgehead atoms. The summed E-state index contributed by atoms with van der Waals surface area (Å²) in [6.45, 7) is 0.284. The summed E-state index contributed by atoms with van der Waals surface area (Å²) < 4.78 is 5.51. The molecule has 0 saturated carbocycles. The molecule has 0 aliphatic carbocycles. The second-order valence-corrected chi connectivity index (χ2v) is 7.44. The van der Waals surface area contributed by atoms with E-state index in [2.05, 4.69) is 0 Å². The molecular formula is C23H20ClNO4. The summed E-state index contributed by atoms with van der Waals surface area (Å²) in [5, 5.41) is 22.3. The van der Waals surface area contributed by atoms with Gasteiger partial charge in [-0.2, -0.15) is 0 Å². The van der Waals surface area contributed by atoms with Gasteiger partial charge in [0.05, 0.1) is 12.2 Å². The number of hydrogen-bond acceptors (Lipinski definition) is 4. The van der Waals surface area contributed by atoms with Crippen molar-refractivity contribution in [3.05, 3.63) is 94.5 Å². The number of para-hydroxylation sites is 1. The molecule has 0 radical (unpaired) electrons. The first-order valence-corrected chi connectivity index (χ1v) is 9.53. The predicted octanol–water partition coefficient (Wildman–Crippen LogP) is 3.84. The van der Waals surface area contributed by atoms with Crippen LogP contribution in [0.4, 0.5) is 5.69 Å². The van der Waals surface area contributed by atoms with Crippen LogP contribution in [-0.4, -0.2) is 29.3 Å². The number of ether oxygens (including phenoxy) is 1. The molecule has 3 aromatic rings. The normalized spacial score (nSPS) is 21.1. The van der Waals surface area contributed by atoms with Crippen LogP contribution in [-0.2, 0) is 21.7 Å². The van der Waals surface area contributed by atoms with Crippen molar-refractivity contribution < 1.29 is 19.7 Å². The highest BCUT2D eigenvalue weighted by Gasteiger charge is 2.52. The third-order valence-corrected chi connectivity index (χ3v) is 5.46. The lowest BCUT2D eigenvalue weighted by atomic mass is 9.77. The number of fused-ring (bicyclic) bond motifs is 1. The number of carbonyl (C=O) groups excluding carboxylic acids is 1. The summed E-state index contributed by atoms with van der Waals surface area (Å²) in [6, 6.07) is 20.7. The third-order valence-electron chi connectivity index (χ3n) is 5.23. The standard InChI is InChI=1S/C23H20ClNO4/c1-29-21-22(27)25(14-15-6-4-8-17(24)12-15)20-11-3-2-10-19(20)23(21,28)16-7-5-9-18(26)13-16/h2-13,21,26,28H,14H2,1H3. The number of carbonyl (C=O) groups is 1. The van der Waals surface area contributed by atoms with Gasteiger partial charge in [-0.25, -0.2) is 0 Å². The minimum absolute atomic E-state index is 0.00272. The third kappa shape index (κ3) is 3.27. The molecule has 0 spiro atoms. The largest absolute Gasteiger partial charge is 0.508 e. The fourth-order valence-electron chi connectivity index (χ4n) is 3.91. The maximum absolute atomic E-state index is 13.4. The SMILES string of the molecule is COC1C(=O)N(Cc2cccc(Cl)c2)c2ccccc2C1(O)c1cccc(O)c1. The minimum atomic E-state index is -1.74. The molecule has 1 aliphatic heterocycles. The molecule has 6 heteroatoms. The number of benzene rings is 3. The van der Waals surface area contributed by atoms with E-state index in [4.69, 9.17) is 16.3 Å². The van der Waals surface area contributed by atoms with Gasteiger partial charge in [-0.05, 0) is 41.5 Å². The van der Waals surface area contributed by atoms with Gasteiger partial charge in [0.15, 0.2) is 11.7 Å². The molecular weight excluding hydrogens is 390 g/mol. The van der Waals surface area contributed by atoms with Crippen LogP contribution in [0.15, 0.2) is 72.8 Å². The Morgan fingerprint density at radius 1 is 1.07 bits per heavy atom. The number of phenols is 1. The zero-order valence-corrected chi connectivity index (χ0v) is 16.5. The van der Waals surface area contributed by atoms with Crippen LogP contribution >= 0.6 is 11.6 Å². The van der Waals surface area contributed by atoms with Gasteiger partial charge >= 0.3 is 0 Å². The number of aromatic hydroxyl groups is 1. The fraction of sp³-hybridized carbons (Fsp3) is 0.174. The average Bonchev–Trinajstić information content (AvgIpc) is 2.71. The molecule has 2 atom stereocenters. The first-order chi connectivity index (χ1) is 13.9. The smallest absolute Gasteiger partial charge is 0.260 e. The van der Waals surface area contributed by atoms with E-state index in [-0.39, 0.29) is 18.2 Å². The van der Waals surface area contributed by atoms with Crippen molar-refractivity contribution in [3.63, 3.8) is 0 Å². The van der Waals surface area contributed by atoms with Crippen molar-refractivity contribution in [1.82, 2.24) is 0 Å². The van der Waals surface area contributed by atoms with Gasteiger partial charge in [0.25, 0.3) is 5.91 Å². The Morgan fingerprint density at radius 3 is 2.55 bits per heavy atom. The molecule has 1 aliphatic rings. The number of hydrogen-bond donors (Lipinski definition) is 2. The van der Waals surface area contributed by atoms with E-state index in [1.54, 1.807) is 47.4 Å². The Balaban J connectivity index is 1.88. The quantitative estimate of drug-likeness (QED) is 0.686. The zero-order chi connectivity index (χ0) is 20.6. The number of anilines is 1. The van der Waals surface area contributed by atoms with Crippen LogP contribution in [0.3, 0.4) is 0 Å². The average molecular weight is 410 g/mol. The maximum atomic E-state index is 13.4. The monoisotopic (exact) mass is 409 g/mol. The van der Waals surface area contributed by atoms with Gasteiger partial charge in [0.1, 0.15) is 5.75 Å². The van der Waals surface area contributed by atoms with Crippen molar-refractivity contribution in [2.24, 2.45) is 0 Å². The molecule has 3 aromatic carbocycles. The van der Waals surface area contributed by atoms with Crippen molar-refractivity contribution in [2.75, 3.05) is 12.0 Å². The number of methoxy groups -OCH3 is 1. The van der Waals surface area contributed by atoms with Crippen molar-refractivity contribution in [2.45, 2.75) is 18.2 Å². The van der Waals surface area contributed by atoms with Crippen LogP contribution in [0.5, 0.6) is 5.75 Å². The number of aliphatic hydroxyl groups is 1. The fourth-order valence-corrected chi connectivity index (χ4v) is 4.13. The summed E-state index contributed by atoms with van der Waals surface area (Å²) in [6.07, 6.45) is -1.18. The number of halogens is 1. The maximum Gasteiger partial charge on any atom is 0.260 e. The van der Waals surface area contributed by atoms with E-state index in [1.807, 2.05) is 18.2 Å². The topological polar surface area (TPSA) is 70.0 Å². The molecule has 2 unspecified atom stereocenters. The lowest BCUT2D eigenvalue weighted by Crippen LogP contribution is -2.57. The Bertz CT molecular complexity index is 1070. The van der Waals surface area contributed by atoms with Crippen LogP contribution in [0.2, 0.25) is 5.02 Å². The summed E-state index contributed by atoms with van der Waals surface area (Å²) in [7, 11) is 1.39. The first-order valence-electron chi connectivity index (χ1n) is 9.15. The molecule has 1 heterocycles. The van der Waals surface area contributed by atoms with Gasteiger partial charge in [-0.15, -0.1) is 0 Å². The molecule has 0 aromatic heterocycles. The molecule has 4 rings (SSSR count). The van der Waals surface area contributed by atoms with E-state index in [9.17, 15) is 15.0 Å². The Hall–Kier alpha value is -2.86. The van der Waals surface area contributed by atoms with E-state index in [0.717, 1.165) is 5.56 Å². The zero-order valence-electron chi connectivity index (χ0n) is 15.7. The van der Waals surface area contributed by atoms with Crippen LogP contribution < -0.4 is 4.90 Å². The van der Waals surface area contributed by atoms with Gasteiger partial charge in [-0.1, -0.05) is 54.1 Å². The summed E-state index contributed by atoms with van der Waals surface area (Å²) >= 11 is 6.10. The Morgan fingerprint density at radius 2 is 1.83 bits per heavy atom. The summed E-state index contributed by atoms with van der Waals surface area (Å²) in [5.41, 5.74) is 0.605. The highest BCUT2D eigenvalue weighted by atomic mass is 35.5. The van der Waals surface area contributed by atoms with Gasteiger partial charge in [0.2, 0.25) is 0 Å². The second-order valence-electron chi connectivity index (χ2n) is 7.00. The van der Waals surface area contributed by atoms with Gasteiger partial charge in [-0.3, -0.25) is 4.79 Å². The molecule has 29 heavy (non-hydrogen) atoms. The number of phenolic OH excluding ortho intramolecular Hbond substituents is 1. The lowest BCUT2D eigenvalue weighted by Gasteiger charge is -2.44. The van der Waals surface area contributed by atoms with Gasteiger partial charge < -0.3 is 19.8 Å². The highest BCUT2D eigenvalue weighted by Crippen LogP contribution is 2.45. The van der Waals surface area contributed by atoms with Crippen LogP contribution in [0.1, 0.15) is 16.7 Å². The van der Waals surface area contributed by atoms with E-state index >= 15 is 0 Å². The van der Waals surface area contributed by atoms with E-state index in [0.29, 0.717) is 21.8 Å². The summed E-state index contributed by atoms with van der Waals surface area (Å²) in [4.78, 5) is 15.0. The number of nitrogens with zero attached hydrogens (tertiary/aromatic N) is 1. The molecule has 0 saturated heterocycles. The van der Waals surface area contributed by atoms with E-state index < -0.39 is 11.7 Å². The first kappa shape index (κ1) is 19.5. The Kier molecular flexibility index (Phi) is 5.04. The number of amides is 1. The van der Waals surface area contributed by atoms with Gasteiger partial charge in [0, 0.05) is 17.7 Å². The van der Waals surface area contributed by atoms with E-state index in [1.165, 1.54) is 19.2 Å². The Labute approximate surface area is 173 Å². The van der Waals surface area contributed by atoms with Crippen molar-refractivity contribution >= 4 is 23.2 Å².